The van der Waals surface area contributed by atoms with Gasteiger partial charge in [0.25, 0.3) is 0 Å². The molecule has 0 saturated heterocycles. The molecule has 0 aliphatic heterocycles. The van der Waals surface area contributed by atoms with Crippen LogP contribution in [0.3, 0.4) is 0 Å². The van der Waals surface area contributed by atoms with Crippen LogP contribution in [0.4, 0.5) is 0 Å². The highest BCUT2D eigenvalue weighted by Gasteiger charge is 2.12. The molecular weight excluding hydrogens is 238 g/mol. The molecule has 2 rings (SSSR count). The third kappa shape index (κ3) is 2.95. The van der Waals surface area contributed by atoms with Crippen LogP contribution in [0, 0.1) is 6.92 Å². The molecule has 7 heteroatoms. The van der Waals surface area contributed by atoms with Gasteiger partial charge in [-0.3, -0.25) is 0 Å². The molecule has 0 saturated carbocycles. The van der Waals surface area contributed by atoms with Crippen molar-refractivity contribution < 1.29 is 18.8 Å². The van der Waals surface area contributed by atoms with Gasteiger partial charge in [-0.25, -0.2) is 4.79 Å². The second kappa shape index (κ2) is 5.46. The van der Waals surface area contributed by atoms with Crippen LogP contribution in [-0.4, -0.2) is 27.8 Å². The van der Waals surface area contributed by atoms with Crippen molar-refractivity contribution in [3.8, 4) is 0 Å². The van der Waals surface area contributed by atoms with Crippen molar-refractivity contribution in [2.24, 2.45) is 0 Å². The van der Waals surface area contributed by atoms with Gasteiger partial charge in [-0.15, -0.1) is 0 Å². The summed E-state index contributed by atoms with van der Waals surface area (Å²) in [6.45, 7) is 2.95. The number of aromatic nitrogens is 2. The van der Waals surface area contributed by atoms with Crippen molar-refractivity contribution in [3.05, 3.63) is 35.4 Å². The average molecular weight is 251 g/mol. The van der Waals surface area contributed by atoms with E-state index in [4.69, 9.17) is 9.52 Å². The first-order valence-corrected chi connectivity index (χ1v) is 5.45. The molecule has 2 N–H and O–H groups in total. The minimum Gasteiger partial charge on any atom is -0.475 e. The third-order valence-electron chi connectivity index (χ3n) is 2.48. The van der Waals surface area contributed by atoms with E-state index in [2.05, 4.69) is 20.0 Å². The number of aromatic carboxylic acids is 1. The van der Waals surface area contributed by atoms with Crippen LogP contribution in [0.1, 0.15) is 27.7 Å². The summed E-state index contributed by atoms with van der Waals surface area (Å²) in [5, 5.41) is 15.6. The van der Waals surface area contributed by atoms with Crippen LogP contribution in [0.2, 0.25) is 0 Å². The maximum atomic E-state index is 10.7. The SMILES string of the molecule is Cc1oc(C(=O)O)cc1CNCCc1ncon1. The minimum atomic E-state index is -1.06. The monoisotopic (exact) mass is 251 g/mol. The highest BCUT2D eigenvalue weighted by atomic mass is 16.5. The predicted molar refractivity (Wildman–Crippen MR) is 60.1 cm³/mol. The first-order chi connectivity index (χ1) is 8.66. The van der Waals surface area contributed by atoms with Gasteiger partial charge in [0.1, 0.15) is 5.76 Å². The lowest BCUT2D eigenvalue weighted by Gasteiger charge is -2.00. The number of nitrogens with zero attached hydrogens (tertiary/aromatic N) is 2. The number of hydrogen-bond acceptors (Lipinski definition) is 6. The molecule has 0 amide bonds. The summed E-state index contributed by atoms with van der Waals surface area (Å²) in [6.07, 6.45) is 1.94. The molecule has 0 aliphatic rings. The van der Waals surface area contributed by atoms with Crippen molar-refractivity contribution in [2.45, 2.75) is 19.9 Å². The molecule has 96 valence electrons. The molecule has 0 atom stereocenters. The van der Waals surface area contributed by atoms with E-state index in [-0.39, 0.29) is 5.76 Å². The van der Waals surface area contributed by atoms with Crippen molar-refractivity contribution in [1.29, 1.82) is 0 Å². The highest BCUT2D eigenvalue weighted by Crippen LogP contribution is 2.14. The van der Waals surface area contributed by atoms with Gasteiger partial charge in [0, 0.05) is 25.1 Å². The Bertz CT molecular complexity index is 518. The Morgan fingerprint density at radius 3 is 3.00 bits per heavy atom. The number of aryl methyl sites for hydroxylation is 1. The van der Waals surface area contributed by atoms with E-state index in [9.17, 15) is 4.79 Å². The quantitative estimate of drug-likeness (QED) is 0.738. The first kappa shape index (κ1) is 12.3. The summed E-state index contributed by atoms with van der Waals surface area (Å²) in [7, 11) is 0. The third-order valence-corrected chi connectivity index (χ3v) is 2.48. The molecule has 2 aromatic rings. The Balaban J connectivity index is 1.81. The van der Waals surface area contributed by atoms with Crippen molar-refractivity contribution in [2.75, 3.05) is 6.54 Å². The number of hydrogen-bond donors (Lipinski definition) is 2. The summed E-state index contributed by atoms with van der Waals surface area (Å²) in [5.41, 5.74) is 0.834. The van der Waals surface area contributed by atoms with Gasteiger partial charge in [-0.05, 0) is 13.0 Å². The predicted octanol–water partition coefficient (Wildman–Crippen LogP) is 1.00. The Hall–Kier alpha value is -2.15. The standard InChI is InChI=1S/C11H13N3O4/c1-7-8(4-9(18-7)11(15)16)5-12-3-2-10-13-6-17-14-10/h4,6,12H,2-3,5H2,1H3,(H,15,16). The topological polar surface area (TPSA) is 101 Å². The van der Waals surface area contributed by atoms with Gasteiger partial charge >= 0.3 is 5.97 Å². The van der Waals surface area contributed by atoms with E-state index in [1.165, 1.54) is 12.5 Å². The second-order valence-electron chi connectivity index (χ2n) is 3.77. The molecule has 0 aliphatic carbocycles. The van der Waals surface area contributed by atoms with Gasteiger partial charge in [0.05, 0.1) is 0 Å². The van der Waals surface area contributed by atoms with Crippen molar-refractivity contribution >= 4 is 5.97 Å². The number of carboxylic acid groups (broad SMARTS) is 1. The average Bonchev–Trinajstić information content (AvgIpc) is 2.94. The fourth-order valence-electron chi connectivity index (χ4n) is 1.53. The molecule has 0 bridgehead atoms. The van der Waals surface area contributed by atoms with Crippen LogP contribution < -0.4 is 5.32 Å². The molecule has 0 unspecified atom stereocenters. The second-order valence-corrected chi connectivity index (χ2v) is 3.77. The van der Waals surface area contributed by atoms with E-state index in [1.54, 1.807) is 6.92 Å². The van der Waals surface area contributed by atoms with E-state index >= 15 is 0 Å². The first-order valence-electron chi connectivity index (χ1n) is 5.45. The molecule has 0 aromatic carbocycles. The number of rotatable bonds is 6. The minimum absolute atomic E-state index is 0.0394. The summed E-state index contributed by atoms with van der Waals surface area (Å²) in [6, 6.07) is 1.53. The Labute approximate surface area is 103 Å². The molecule has 18 heavy (non-hydrogen) atoms. The molecule has 7 nitrogen and oxygen atoms in total. The normalized spacial score (nSPS) is 10.7. The van der Waals surface area contributed by atoms with E-state index in [1.807, 2.05) is 0 Å². The lowest BCUT2D eigenvalue weighted by atomic mass is 10.2. The van der Waals surface area contributed by atoms with Crippen LogP contribution >= 0.6 is 0 Å². The smallest absolute Gasteiger partial charge is 0.371 e. The number of nitrogens with one attached hydrogen (secondary N) is 1. The van der Waals surface area contributed by atoms with E-state index in [0.717, 1.165) is 5.56 Å². The largest absolute Gasteiger partial charge is 0.475 e. The zero-order valence-electron chi connectivity index (χ0n) is 9.84. The van der Waals surface area contributed by atoms with E-state index in [0.29, 0.717) is 31.1 Å². The molecule has 0 fully saturated rings. The summed E-state index contributed by atoms with van der Waals surface area (Å²) in [4.78, 5) is 14.6. The molecule has 0 radical (unpaired) electrons. The van der Waals surface area contributed by atoms with E-state index < -0.39 is 5.97 Å². The highest BCUT2D eigenvalue weighted by molar-refractivity contribution is 5.84. The van der Waals surface area contributed by atoms with Crippen LogP contribution in [0.15, 0.2) is 21.4 Å². The fourth-order valence-corrected chi connectivity index (χ4v) is 1.53. The zero-order valence-corrected chi connectivity index (χ0v) is 9.84. The zero-order chi connectivity index (χ0) is 13.0. The summed E-state index contributed by atoms with van der Waals surface area (Å²) in [5.74, 6) is 0.149. The molecule has 2 aromatic heterocycles. The van der Waals surface area contributed by atoms with Crippen molar-refractivity contribution in [1.82, 2.24) is 15.5 Å². The van der Waals surface area contributed by atoms with Gasteiger partial charge in [0.15, 0.2) is 5.82 Å². The Morgan fingerprint density at radius 2 is 2.39 bits per heavy atom. The number of furan rings is 1. The summed E-state index contributed by atoms with van der Waals surface area (Å²) >= 11 is 0. The maximum Gasteiger partial charge on any atom is 0.371 e. The van der Waals surface area contributed by atoms with Gasteiger partial charge in [0.2, 0.25) is 12.2 Å². The lowest BCUT2D eigenvalue weighted by molar-refractivity contribution is 0.0661. The van der Waals surface area contributed by atoms with Crippen LogP contribution in [0.5, 0.6) is 0 Å². The van der Waals surface area contributed by atoms with Crippen molar-refractivity contribution in [3.63, 3.8) is 0 Å². The van der Waals surface area contributed by atoms with Crippen LogP contribution in [-0.2, 0) is 13.0 Å². The number of carboxylic acids is 1. The fraction of sp³-hybridized carbons (Fsp3) is 0.364. The molecular formula is C11H13N3O4. The molecule has 0 spiro atoms. The van der Waals surface area contributed by atoms with Gasteiger partial charge < -0.3 is 19.4 Å². The Morgan fingerprint density at radius 1 is 1.56 bits per heavy atom. The molecule has 2 heterocycles. The summed E-state index contributed by atoms with van der Waals surface area (Å²) < 4.78 is 9.71. The number of carbonyl (C=O) groups is 1. The van der Waals surface area contributed by atoms with Gasteiger partial charge in [-0.1, -0.05) is 5.16 Å². The van der Waals surface area contributed by atoms with Crippen LogP contribution in [0.25, 0.3) is 0 Å². The lowest BCUT2D eigenvalue weighted by Crippen LogP contribution is -2.17. The Kier molecular flexibility index (Phi) is 3.73. The van der Waals surface area contributed by atoms with Gasteiger partial charge in [-0.2, -0.15) is 4.98 Å². The maximum absolute atomic E-state index is 10.7.